The first kappa shape index (κ1) is 18.2. The molecule has 3 nitrogen and oxygen atoms in total. The molecule has 0 aliphatic carbocycles. The van der Waals surface area contributed by atoms with Gasteiger partial charge in [-0.15, -0.1) is 5.73 Å². The lowest BCUT2D eigenvalue weighted by atomic mass is 10.2. The van der Waals surface area contributed by atoms with E-state index < -0.39 is 18.1 Å². The Labute approximate surface area is 133 Å². The van der Waals surface area contributed by atoms with Crippen molar-refractivity contribution in [1.29, 1.82) is 0 Å². The van der Waals surface area contributed by atoms with Crippen LogP contribution >= 0.6 is 11.6 Å². The van der Waals surface area contributed by atoms with Crippen molar-refractivity contribution in [3.63, 3.8) is 0 Å². The molecule has 21 heavy (non-hydrogen) atoms. The normalized spacial score (nSPS) is 11.9. The lowest BCUT2D eigenvalue weighted by Gasteiger charge is -2.12. The van der Waals surface area contributed by atoms with Gasteiger partial charge in [-0.2, -0.15) is 0 Å². The average Bonchev–Trinajstić information content (AvgIpc) is 2.36. The molecule has 0 aromatic heterocycles. The summed E-state index contributed by atoms with van der Waals surface area (Å²) in [6, 6.07) is 6.75. The Balaban J connectivity index is 2.88. The third-order valence-electron chi connectivity index (χ3n) is 2.84. The number of benzene rings is 1. The summed E-state index contributed by atoms with van der Waals surface area (Å²) in [7, 11) is -5.09. The Morgan fingerprint density at radius 1 is 1.24 bits per heavy atom. The predicted octanol–water partition coefficient (Wildman–Crippen LogP) is 3.82. The molecule has 116 valence electrons. The Morgan fingerprint density at radius 3 is 2.24 bits per heavy atom. The van der Waals surface area contributed by atoms with E-state index in [9.17, 15) is 8.42 Å². The zero-order valence-corrected chi connectivity index (χ0v) is 15.7. The van der Waals surface area contributed by atoms with Crippen molar-refractivity contribution < 1.29 is 8.42 Å². The van der Waals surface area contributed by atoms with Crippen LogP contribution in [0.25, 0.3) is 0 Å². The van der Waals surface area contributed by atoms with Crippen molar-refractivity contribution >= 4 is 29.7 Å². The molecule has 0 amide bonds. The second-order valence-corrected chi connectivity index (χ2v) is 13.6. The van der Waals surface area contributed by atoms with E-state index in [-0.39, 0.29) is 11.4 Å². The van der Waals surface area contributed by atoms with Crippen LogP contribution in [0, 0.1) is 6.92 Å². The molecule has 0 atom stereocenters. The highest BCUT2D eigenvalue weighted by molar-refractivity contribution is 7.89. The summed E-state index contributed by atoms with van der Waals surface area (Å²) in [5.41, 5.74) is 4.89. The smallest absolute Gasteiger partial charge is 0.207 e. The Morgan fingerprint density at radius 2 is 1.76 bits per heavy atom. The summed E-state index contributed by atoms with van der Waals surface area (Å²) in [6.07, 6.45) is 0. The summed E-state index contributed by atoms with van der Waals surface area (Å²) >= 11 is 6.21. The van der Waals surface area contributed by atoms with Gasteiger partial charge in [-0.05, 0) is 31.6 Å². The van der Waals surface area contributed by atoms with Gasteiger partial charge in [-0.1, -0.05) is 48.9 Å². The minimum absolute atomic E-state index is 0.205. The zero-order valence-electron chi connectivity index (χ0n) is 13.1. The topological polar surface area (TPSA) is 46.2 Å². The van der Waals surface area contributed by atoms with Crippen molar-refractivity contribution in [3.05, 3.63) is 45.8 Å². The Kier molecular flexibility index (Phi) is 6.02. The molecule has 0 heterocycles. The lowest BCUT2D eigenvalue weighted by molar-refractivity contribution is 0.584. The highest BCUT2D eigenvalue weighted by Crippen LogP contribution is 2.17. The maximum Gasteiger partial charge on any atom is 0.240 e. The van der Waals surface area contributed by atoms with Crippen molar-refractivity contribution in [2.45, 2.75) is 38.4 Å². The van der Waals surface area contributed by atoms with Gasteiger partial charge in [0.05, 0.1) is 4.90 Å². The third-order valence-corrected chi connectivity index (χ3v) is 7.49. The van der Waals surface area contributed by atoms with Crippen molar-refractivity contribution in [2.24, 2.45) is 0 Å². The summed E-state index contributed by atoms with van der Waals surface area (Å²) in [6.45, 7) is 10.3. The van der Waals surface area contributed by atoms with E-state index >= 15 is 0 Å². The molecule has 0 radical (unpaired) electrons. The van der Waals surface area contributed by atoms with E-state index in [0.717, 1.165) is 15.8 Å². The molecule has 0 saturated heterocycles. The summed E-state index contributed by atoms with van der Waals surface area (Å²) in [5.74, 6) is 0. The van der Waals surface area contributed by atoms with Crippen LogP contribution in [0.5, 0.6) is 0 Å². The fourth-order valence-electron chi connectivity index (χ4n) is 1.42. The molecule has 0 saturated carbocycles. The summed E-state index contributed by atoms with van der Waals surface area (Å²) in [4.78, 5) is 0.265. The standard InChI is InChI=1S/C15H22ClNO2SSi/c1-12-6-8-14(9-7-12)20(18,19)17-11-13(2)10-15(16)21(3,4)5/h6-9,17H,11H2,1-5H3. The number of aryl methyl sites for hydroxylation is 1. The van der Waals surface area contributed by atoms with Crippen molar-refractivity contribution in [3.8, 4) is 0 Å². The molecule has 0 unspecified atom stereocenters. The average molecular weight is 344 g/mol. The zero-order chi connectivity index (χ0) is 16.3. The van der Waals surface area contributed by atoms with E-state index in [4.69, 9.17) is 11.6 Å². The van der Waals surface area contributed by atoms with Gasteiger partial charge in [-0.25, -0.2) is 13.1 Å². The molecule has 1 aromatic carbocycles. The van der Waals surface area contributed by atoms with Gasteiger partial charge in [0.1, 0.15) is 8.07 Å². The lowest BCUT2D eigenvalue weighted by Crippen LogP contribution is -2.25. The third kappa shape index (κ3) is 5.81. The second kappa shape index (κ2) is 6.94. The van der Waals surface area contributed by atoms with E-state index in [2.05, 4.69) is 30.1 Å². The molecule has 1 rings (SSSR count). The van der Waals surface area contributed by atoms with Crippen LogP contribution in [0.4, 0.5) is 0 Å². The van der Waals surface area contributed by atoms with Crippen molar-refractivity contribution in [2.75, 3.05) is 6.54 Å². The van der Waals surface area contributed by atoms with Crippen molar-refractivity contribution in [1.82, 2.24) is 4.72 Å². The van der Waals surface area contributed by atoms with Gasteiger partial charge in [0.15, 0.2) is 0 Å². The van der Waals surface area contributed by atoms with Crippen LogP contribution in [0.15, 0.2) is 45.1 Å². The van der Waals surface area contributed by atoms with E-state index in [0.29, 0.717) is 0 Å². The van der Waals surface area contributed by atoms with E-state index in [1.165, 1.54) is 0 Å². The SMILES string of the molecule is CC(=C=C(Cl)[Si](C)(C)C)CNS(=O)(=O)c1ccc(C)cc1. The van der Waals surface area contributed by atoms with Crippen LogP contribution in [0.1, 0.15) is 12.5 Å². The van der Waals surface area contributed by atoms with Gasteiger partial charge in [0.2, 0.25) is 10.0 Å². The first-order chi connectivity index (χ1) is 9.52. The largest absolute Gasteiger partial charge is 0.240 e. The molecular formula is C15H22ClNO2SSi. The Bertz CT molecular complexity index is 667. The van der Waals surface area contributed by atoms with E-state index in [1.54, 1.807) is 24.3 Å². The molecule has 1 N–H and O–H groups in total. The second-order valence-electron chi connectivity index (χ2n) is 6.11. The van der Waals surface area contributed by atoms with Gasteiger partial charge in [-0.3, -0.25) is 0 Å². The van der Waals surface area contributed by atoms with Crippen LogP contribution in [-0.2, 0) is 10.0 Å². The molecule has 0 bridgehead atoms. The Hall–Kier alpha value is -0.843. The number of hydrogen-bond acceptors (Lipinski definition) is 2. The maximum absolute atomic E-state index is 12.1. The fourth-order valence-corrected chi connectivity index (χ4v) is 3.24. The molecular weight excluding hydrogens is 322 g/mol. The number of halogens is 1. The number of hydrogen-bond donors (Lipinski definition) is 1. The van der Waals surface area contributed by atoms with Crippen LogP contribution < -0.4 is 4.72 Å². The minimum Gasteiger partial charge on any atom is -0.207 e. The highest BCUT2D eigenvalue weighted by atomic mass is 35.5. The molecule has 1 aromatic rings. The molecule has 0 spiro atoms. The molecule has 6 heteroatoms. The maximum atomic E-state index is 12.1. The van der Waals surface area contributed by atoms with Crippen LogP contribution in [0.3, 0.4) is 0 Å². The van der Waals surface area contributed by atoms with Gasteiger partial charge < -0.3 is 0 Å². The predicted molar refractivity (Wildman–Crippen MR) is 91.8 cm³/mol. The number of nitrogens with one attached hydrogen (secondary N) is 1. The highest BCUT2D eigenvalue weighted by Gasteiger charge is 2.18. The number of rotatable bonds is 5. The summed E-state index contributed by atoms with van der Waals surface area (Å²) < 4.78 is 27.6. The minimum atomic E-state index is -3.50. The van der Waals surface area contributed by atoms with Crippen LogP contribution in [-0.4, -0.2) is 23.0 Å². The van der Waals surface area contributed by atoms with Crippen LogP contribution in [0.2, 0.25) is 19.6 Å². The quantitative estimate of drug-likeness (QED) is 0.652. The molecule has 0 aliphatic rings. The van der Waals surface area contributed by atoms with E-state index in [1.807, 2.05) is 13.8 Å². The van der Waals surface area contributed by atoms with Gasteiger partial charge >= 0.3 is 0 Å². The number of sulfonamides is 1. The fraction of sp³-hybridized carbons (Fsp3) is 0.400. The monoisotopic (exact) mass is 343 g/mol. The van der Waals surface area contributed by atoms with Gasteiger partial charge in [0.25, 0.3) is 0 Å². The van der Waals surface area contributed by atoms with Gasteiger partial charge in [0, 0.05) is 11.2 Å². The molecule has 0 fully saturated rings. The first-order valence-corrected chi connectivity index (χ1v) is 12.1. The first-order valence-electron chi connectivity index (χ1n) is 6.71. The molecule has 0 aliphatic heterocycles. The summed E-state index contributed by atoms with van der Waals surface area (Å²) in [5, 5.41) is 0.